The molecule has 0 unspecified atom stereocenters. The molecule has 0 saturated carbocycles. The second-order valence-electron chi connectivity index (χ2n) is 7.62. The summed E-state index contributed by atoms with van der Waals surface area (Å²) in [6.45, 7) is 2.00. The van der Waals surface area contributed by atoms with Crippen molar-refractivity contribution in [2.75, 3.05) is 5.73 Å². The lowest BCUT2D eigenvalue weighted by atomic mass is 9.90. The Labute approximate surface area is 183 Å². The van der Waals surface area contributed by atoms with E-state index in [-0.39, 0.29) is 11.1 Å². The minimum absolute atomic E-state index is 0.0214. The Bertz CT molecular complexity index is 1220. The molecule has 8 nitrogen and oxygen atoms in total. The number of carbonyl (C=O) groups is 1. The van der Waals surface area contributed by atoms with Crippen molar-refractivity contribution in [1.82, 2.24) is 10.2 Å². The van der Waals surface area contributed by atoms with Gasteiger partial charge in [-0.25, -0.2) is 5.10 Å². The van der Waals surface area contributed by atoms with E-state index in [1.807, 2.05) is 19.1 Å². The molecule has 0 amide bonds. The minimum Gasteiger partial charge on any atom is -0.399 e. The molecule has 1 aliphatic rings. The molecule has 166 valence electrons. The molecule has 0 atom stereocenters. The number of nitrogens with one attached hydrogen (secondary N) is 1. The molecule has 0 radical (unpaired) electrons. The highest BCUT2D eigenvalue weighted by Gasteiger charge is 2.18. The Hall–Kier alpha value is -3.88. The Morgan fingerprint density at radius 1 is 1.19 bits per heavy atom. The van der Waals surface area contributed by atoms with Gasteiger partial charge >= 0.3 is 5.69 Å². The highest BCUT2D eigenvalue weighted by Crippen LogP contribution is 2.23. The van der Waals surface area contributed by atoms with Crippen molar-refractivity contribution in [3.63, 3.8) is 0 Å². The van der Waals surface area contributed by atoms with E-state index in [0.29, 0.717) is 6.29 Å². The number of nitrogens with two attached hydrogens (primary N) is 1. The van der Waals surface area contributed by atoms with Gasteiger partial charge in [0.15, 0.2) is 0 Å². The van der Waals surface area contributed by atoms with Crippen LogP contribution in [0.3, 0.4) is 0 Å². The zero-order valence-corrected chi connectivity index (χ0v) is 17.6. The summed E-state index contributed by atoms with van der Waals surface area (Å²) >= 11 is 0. The first kappa shape index (κ1) is 22.8. The third-order valence-electron chi connectivity index (χ3n) is 5.40. The van der Waals surface area contributed by atoms with Crippen molar-refractivity contribution in [1.29, 1.82) is 0 Å². The van der Waals surface area contributed by atoms with E-state index >= 15 is 0 Å². The van der Waals surface area contributed by atoms with E-state index < -0.39 is 16.4 Å². The number of hydrogen-bond acceptors (Lipinski definition) is 6. The van der Waals surface area contributed by atoms with Crippen molar-refractivity contribution in [2.24, 2.45) is 0 Å². The minimum atomic E-state index is -0.939. The fraction of sp³-hybridized carbons (Fsp3) is 0.261. The average Bonchev–Trinajstić information content (AvgIpc) is 2.79. The van der Waals surface area contributed by atoms with Crippen molar-refractivity contribution in [3.05, 3.63) is 96.2 Å². The van der Waals surface area contributed by atoms with Crippen molar-refractivity contribution in [3.8, 4) is 0 Å². The molecular formula is C23H23FN4O4. The number of hydrogen-bond donors (Lipinski definition) is 2. The first-order chi connectivity index (χ1) is 15.3. The van der Waals surface area contributed by atoms with E-state index in [0.717, 1.165) is 77.9 Å². The fourth-order valence-electron chi connectivity index (χ4n) is 3.61. The van der Waals surface area contributed by atoms with E-state index in [2.05, 4.69) is 16.3 Å². The number of benzene rings is 2. The lowest BCUT2D eigenvalue weighted by molar-refractivity contribution is -0.387. The lowest BCUT2D eigenvalue weighted by Gasteiger charge is -2.17. The number of nitrogens with zero attached hydrogens (tertiary/aromatic N) is 2. The SMILES string of the molecule is Cc1ccc(Cc2n[nH]c(=O)c3c2CCCC3)cc1N.O=Cc1ccc(F)c([N+](=O)[O-])c1. The van der Waals surface area contributed by atoms with Crippen LogP contribution < -0.4 is 11.3 Å². The third kappa shape index (κ3) is 5.23. The zero-order valence-electron chi connectivity index (χ0n) is 17.6. The number of anilines is 1. The van der Waals surface area contributed by atoms with Crippen LogP contribution in [0.4, 0.5) is 15.8 Å². The van der Waals surface area contributed by atoms with Crippen LogP contribution in [0.15, 0.2) is 41.2 Å². The van der Waals surface area contributed by atoms with E-state index in [4.69, 9.17) is 5.73 Å². The molecule has 4 rings (SSSR count). The van der Waals surface area contributed by atoms with Gasteiger partial charge in [-0.05, 0) is 67.5 Å². The standard InChI is InChI=1S/C16H19N3O.C7H4FNO3/c1-10-6-7-11(8-14(10)17)9-15-12-4-2-3-5-13(12)16(20)19-18-15;8-6-2-1-5(4-10)3-7(6)9(11)12/h6-8H,2-5,9,17H2,1H3,(H,19,20);1-4H. The first-order valence-corrected chi connectivity index (χ1v) is 10.1. The van der Waals surface area contributed by atoms with Crippen LogP contribution >= 0.6 is 0 Å². The molecule has 3 N–H and O–H groups in total. The van der Waals surface area contributed by atoms with E-state index in [1.54, 1.807) is 0 Å². The number of nitro benzene ring substituents is 1. The molecule has 0 spiro atoms. The van der Waals surface area contributed by atoms with Crippen molar-refractivity contribution >= 4 is 17.7 Å². The van der Waals surface area contributed by atoms with Gasteiger partial charge in [0.1, 0.15) is 6.29 Å². The second-order valence-corrected chi connectivity index (χ2v) is 7.62. The largest absolute Gasteiger partial charge is 0.399 e. The van der Waals surface area contributed by atoms with Gasteiger partial charge in [-0.15, -0.1) is 0 Å². The number of nitrogen functional groups attached to an aromatic ring is 1. The van der Waals surface area contributed by atoms with Gasteiger partial charge in [-0.2, -0.15) is 9.49 Å². The van der Waals surface area contributed by atoms with Gasteiger partial charge in [0.2, 0.25) is 5.82 Å². The molecule has 32 heavy (non-hydrogen) atoms. The third-order valence-corrected chi connectivity index (χ3v) is 5.40. The Morgan fingerprint density at radius 2 is 1.91 bits per heavy atom. The first-order valence-electron chi connectivity index (χ1n) is 10.1. The Kier molecular flexibility index (Phi) is 7.09. The van der Waals surface area contributed by atoms with Crippen LogP contribution in [0.2, 0.25) is 0 Å². The molecule has 1 heterocycles. The summed E-state index contributed by atoms with van der Waals surface area (Å²) in [5.74, 6) is -0.939. The normalized spacial score (nSPS) is 12.3. The number of rotatable bonds is 4. The molecule has 0 saturated heterocycles. The maximum absolute atomic E-state index is 12.6. The molecule has 9 heteroatoms. The number of fused-ring (bicyclic) bond motifs is 1. The summed E-state index contributed by atoms with van der Waals surface area (Å²) in [6, 6.07) is 9.06. The number of aromatic nitrogens is 2. The highest BCUT2D eigenvalue weighted by atomic mass is 19.1. The lowest BCUT2D eigenvalue weighted by Crippen LogP contribution is -2.23. The number of aldehydes is 1. The molecular weight excluding hydrogens is 415 g/mol. The maximum Gasteiger partial charge on any atom is 0.305 e. The predicted molar refractivity (Wildman–Crippen MR) is 118 cm³/mol. The van der Waals surface area contributed by atoms with E-state index in [9.17, 15) is 24.1 Å². The van der Waals surface area contributed by atoms with Gasteiger partial charge in [0.05, 0.1) is 10.6 Å². The number of carbonyl (C=O) groups excluding carboxylic acids is 1. The molecule has 0 aliphatic heterocycles. The molecule has 3 aromatic rings. The van der Waals surface area contributed by atoms with E-state index in [1.165, 1.54) is 6.07 Å². The number of H-pyrrole nitrogens is 1. The average molecular weight is 438 g/mol. The van der Waals surface area contributed by atoms with Gasteiger partial charge in [-0.1, -0.05) is 12.1 Å². The van der Waals surface area contributed by atoms with Gasteiger partial charge in [0, 0.05) is 29.3 Å². The van der Waals surface area contributed by atoms with Crippen LogP contribution in [-0.4, -0.2) is 21.4 Å². The van der Waals surface area contributed by atoms with Crippen LogP contribution in [0, 0.1) is 22.9 Å². The summed E-state index contributed by atoms with van der Waals surface area (Å²) in [7, 11) is 0. The smallest absolute Gasteiger partial charge is 0.305 e. The van der Waals surface area contributed by atoms with Crippen molar-refractivity contribution in [2.45, 2.75) is 39.0 Å². The fourth-order valence-corrected chi connectivity index (χ4v) is 3.61. The quantitative estimate of drug-likeness (QED) is 0.276. The monoisotopic (exact) mass is 438 g/mol. The van der Waals surface area contributed by atoms with Crippen LogP contribution in [0.25, 0.3) is 0 Å². The highest BCUT2D eigenvalue weighted by molar-refractivity contribution is 5.76. The zero-order chi connectivity index (χ0) is 23.3. The summed E-state index contributed by atoms with van der Waals surface area (Å²) in [6.07, 6.45) is 5.22. The summed E-state index contributed by atoms with van der Waals surface area (Å²) < 4.78 is 12.6. The van der Waals surface area contributed by atoms with Crippen LogP contribution in [-0.2, 0) is 19.3 Å². The summed E-state index contributed by atoms with van der Waals surface area (Å²) in [5, 5.41) is 17.0. The topological polar surface area (TPSA) is 132 Å². The second kappa shape index (κ2) is 9.95. The summed E-state index contributed by atoms with van der Waals surface area (Å²) in [4.78, 5) is 31.2. The molecule has 0 fully saturated rings. The van der Waals surface area contributed by atoms with Gasteiger partial charge < -0.3 is 5.73 Å². The molecule has 1 aromatic heterocycles. The molecule has 0 bridgehead atoms. The molecule has 2 aromatic carbocycles. The van der Waals surface area contributed by atoms with Gasteiger partial charge in [0.25, 0.3) is 5.56 Å². The van der Waals surface area contributed by atoms with Gasteiger partial charge in [-0.3, -0.25) is 19.7 Å². The van der Waals surface area contributed by atoms with Crippen LogP contribution in [0.1, 0.15) is 51.1 Å². The number of nitro groups is 1. The maximum atomic E-state index is 12.6. The number of aryl methyl sites for hydroxylation is 1. The Morgan fingerprint density at radius 3 is 2.56 bits per heavy atom. The number of halogens is 1. The van der Waals surface area contributed by atoms with Crippen molar-refractivity contribution < 1.29 is 14.1 Å². The predicted octanol–water partition coefficient (Wildman–Crippen LogP) is 3.68. The summed E-state index contributed by atoms with van der Waals surface area (Å²) in [5.41, 5.74) is 11.4. The van der Waals surface area contributed by atoms with Crippen LogP contribution in [0.5, 0.6) is 0 Å². The Balaban J connectivity index is 0.000000207. The number of aromatic amines is 1. The molecule has 1 aliphatic carbocycles.